The van der Waals surface area contributed by atoms with Gasteiger partial charge in [-0.2, -0.15) is 0 Å². The van der Waals surface area contributed by atoms with E-state index in [0.717, 1.165) is 0 Å². The van der Waals surface area contributed by atoms with Crippen LogP contribution in [0, 0.1) is 10.1 Å². The second-order valence-electron chi connectivity index (χ2n) is 2.69. The molecule has 0 bridgehead atoms. The number of nitro groups is 1. The van der Waals surface area contributed by atoms with Crippen LogP contribution >= 0.6 is 0 Å². The Morgan fingerprint density at radius 3 is 2.53 bits per heavy atom. The molecule has 0 aromatic heterocycles. The molecule has 1 aromatic carbocycles. The predicted octanol–water partition coefficient (Wildman–Crippen LogP) is 1.94. The van der Waals surface area contributed by atoms with Gasteiger partial charge in [0, 0.05) is 12.1 Å². The van der Waals surface area contributed by atoms with Gasteiger partial charge >= 0.3 is 5.97 Å². The van der Waals surface area contributed by atoms with Gasteiger partial charge in [0.05, 0.1) is 10.5 Å². The molecular formula is C10H9NO4. The number of benzene rings is 1. The van der Waals surface area contributed by atoms with Gasteiger partial charge in [0.25, 0.3) is 5.69 Å². The van der Waals surface area contributed by atoms with Crippen molar-refractivity contribution in [1.82, 2.24) is 0 Å². The van der Waals surface area contributed by atoms with Crippen molar-refractivity contribution >= 4 is 11.7 Å². The highest BCUT2D eigenvalue weighted by atomic mass is 16.6. The van der Waals surface area contributed by atoms with Crippen molar-refractivity contribution in [1.29, 1.82) is 0 Å². The van der Waals surface area contributed by atoms with Crippen molar-refractivity contribution in [3.05, 3.63) is 52.6 Å². The van der Waals surface area contributed by atoms with E-state index in [1.807, 2.05) is 0 Å². The third-order valence-electron chi connectivity index (χ3n) is 1.65. The van der Waals surface area contributed by atoms with E-state index in [1.54, 1.807) is 0 Å². The maximum Gasteiger partial charge on any atom is 0.338 e. The third kappa shape index (κ3) is 2.91. The minimum atomic E-state index is -0.529. The van der Waals surface area contributed by atoms with E-state index < -0.39 is 10.9 Å². The smallest absolute Gasteiger partial charge is 0.338 e. The summed E-state index contributed by atoms with van der Waals surface area (Å²) in [5, 5.41) is 10.3. The van der Waals surface area contributed by atoms with E-state index in [4.69, 9.17) is 4.74 Å². The van der Waals surface area contributed by atoms with E-state index >= 15 is 0 Å². The van der Waals surface area contributed by atoms with Crippen molar-refractivity contribution in [3.63, 3.8) is 0 Å². The number of esters is 1. The normalized spacial score (nSPS) is 9.33. The van der Waals surface area contributed by atoms with Crippen LogP contribution in [-0.4, -0.2) is 17.5 Å². The molecule has 0 atom stereocenters. The average Bonchev–Trinajstić information content (AvgIpc) is 2.26. The lowest BCUT2D eigenvalue weighted by molar-refractivity contribution is -0.384. The largest absolute Gasteiger partial charge is 0.458 e. The molecule has 0 radical (unpaired) electrons. The summed E-state index contributed by atoms with van der Waals surface area (Å²) in [7, 11) is 0. The zero-order valence-corrected chi connectivity index (χ0v) is 7.88. The molecule has 15 heavy (non-hydrogen) atoms. The standard InChI is InChI=1S/C10H9NO4/c1-2-7-15-10(12)8-3-5-9(6-4-8)11(13)14/h2-6H,1,7H2. The van der Waals surface area contributed by atoms with Gasteiger partial charge in [-0.1, -0.05) is 12.7 Å². The fourth-order valence-electron chi connectivity index (χ4n) is 0.937. The lowest BCUT2D eigenvalue weighted by Gasteiger charge is -2.00. The molecule has 0 fully saturated rings. The maximum atomic E-state index is 11.2. The molecule has 0 heterocycles. The Balaban J connectivity index is 2.75. The molecule has 0 saturated carbocycles. The van der Waals surface area contributed by atoms with Crippen molar-refractivity contribution < 1.29 is 14.5 Å². The fourth-order valence-corrected chi connectivity index (χ4v) is 0.937. The summed E-state index contributed by atoms with van der Waals surface area (Å²) in [6, 6.07) is 5.21. The van der Waals surface area contributed by atoms with Crippen LogP contribution in [0.5, 0.6) is 0 Å². The van der Waals surface area contributed by atoms with Crippen LogP contribution in [0.4, 0.5) is 5.69 Å². The third-order valence-corrected chi connectivity index (χ3v) is 1.65. The van der Waals surface area contributed by atoms with Crippen molar-refractivity contribution in [3.8, 4) is 0 Å². The number of ether oxygens (including phenoxy) is 1. The van der Waals surface area contributed by atoms with Gasteiger partial charge in [0.15, 0.2) is 0 Å². The zero-order chi connectivity index (χ0) is 11.3. The molecule has 0 amide bonds. The van der Waals surface area contributed by atoms with Crippen LogP contribution in [0.25, 0.3) is 0 Å². The molecule has 1 rings (SSSR count). The molecule has 1 aromatic rings. The number of carbonyl (C=O) groups excluding carboxylic acids is 1. The molecule has 0 aliphatic heterocycles. The Kier molecular flexibility index (Phi) is 3.56. The maximum absolute atomic E-state index is 11.2. The molecule has 78 valence electrons. The Labute approximate surface area is 86.1 Å². The Morgan fingerprint density at radius 2 is 2.07 bits per heavy atom. The number of nitrogens with zero attached hydrogens (tertiary/aromatic N) is 1. The lowest BCUT2D eigenvalue weighted by Crippen LogP contribution is -2.04. The first-order valence-electron chi connectivity index (χ1n) is 4.17. The highest BCUT2D eigenvalue weighted by molar-refractivity contribution is 5.89. The number of hydrogen-bond donors (Lipinski definition) is 0. The minimum Gasteiger partial charge on any atom is -0.458 e. The average molecular weight is 207 g/mol. The number of non-ortho nitro benzene ring substituents is 1. The van der Waals surface area contributed by atoms with Crippen LogP contribution in [0.15, 0.2) is 36.9 Å². The Hall–Kier alpha value is -2.17. The zero-order valence-electron chi connectivity index (χ0n) is 7.88. The summed E-state index contributed by atoms with van der Waals surface area (Å²) in [6.45, 7) is 3.52. The molecule has 0 aliphatic rings. The van der Waals surface area contributed by atoms with Gasteiger partial charge in [0.1, 0.15) is 6.61 Å². The van der Waals surface area contributed by atoms with Gasteiger partial charge in [-0.15, -0.1) is 0 Å². The summed E-state index contributed by atoms with van der Waals surface area (Å²) in [6.07, 6.45) is 1.45. The summed E-state index contributed by atoms with van der Waals surface area (Å²) in [5.41, 5.74) is 0.220. The van der Waals surface area contributed by atoms with E-state index in [9.17, 15) is 14.9 Å². The van der Waals surface area contributed by atoms with Crippen LogP contribution in [0.1, 0.15) is 10.4 Å². The Morgan fingerprint density at radius 1 is 1.47 bits per heavy atom. The van der Waals surface area contributed by atoms with E-state index in [1.165, 1.54) is 30.3 Å². The number of rotatable bonds is 4. The van der Waals surface area contributed by atoms with E-state index in [-0.39, 0.29) is 17.9 Å². The first-order chi connectivity index (χ1) is 7.15. The summed E-state index contributed by atoms with van der Waals surface area (Å²) >= 11 is 0. The highest BCUT2D eigenvalue weighted by Gasteiger charge is 2.09. The van der Waals surface area contributed by atoms with Crippen LogP contribution in [0.3, 0.4) is 0 Å². The number of hydrogen-bond acceptors (Lipinski definition) is 4. The summed E-state index contributed by atoms with van der Waals surface area (Å²) in [5.74, 6) is -0.523. The second kappa shape index (κ2) is 4.90. The molecule has 0 saturated heterocycles. The van der Waals surface area contributed by atoms with Crippen molar-refractivity contribution in [2.45, 2.75) is 0 Å². The van der Waals surface area contributed by atoms with Crippen LogP contribution in [-0.2, 0) is 4.74 Å². The number of carbonyl (C=O) groups is 1. The molecular weight excluding hydrogens is 198 g/mol. The molecule has 0 aliphatic carbocycles. The van der Waals surface area contributed by atoms with E-state index in [0.29, 0.717) is 0 Å². The monoisotopic (exact) mass is 207 g/mol. The first kappa shape index (κ1) is 10.9. The topological polar surface area (TPSA) is 69.4 Å². The molecule has 0 spiro atoms. The summed E-state index contributed by atoms with van der Waals surface area (Å²) in [4.78, 5) is 21.0. The number of nitro benzene ring substituents is 1. The van der Waals surface area contributed by atoms with Gasteiger partial charge < -0.3 is 4.74 Å². The predicted molar refractivity (Wildman–Crippen MR) is 53.6 cm³/mol. The molecule has 5 heteroatoms. The quantitative estimate of drug-likeness (QED) is 0.327. The van der Waals surface area contributed by atoms with Gasteiger partial charge in [-0.25, -0.2) is 4.79 Å². The second-order valence-corrected chi connectivity index (χ2v) is 2.69. The molecule has 5 nitrogen and oxygen atoms in total. The fraction of sp³-hybridized carbons (Fsp3) is 0.100. The lowest BCUT2D eigenvalue weighted by atomic mass is 10.2. The highest BCUT2D eigenvalue weighted by Crippen LogP contribution is 2.12. The van der Waals surface area contributed by atoms with Gasteiger partial charge in [0.2, 0.25) is 0 Å². The van der Waals surface area contributed by atoms with Crippen molar-refractivity contribution in [2.24, 2.45) is 0 Å². The van der Waals surface area contributed by atoms with Crippen molar-refractivity contribution in [2.75, 3.05) is 6.61 Å². The summed E-state index contributed by atoms with van der Waals surface area (Å²) < 4.78 is 4.75. The molecule has 0 unspecified atom stereocenters. The minimum absolute atomic E-state index is 0.0599. The molecule has 0 N–H and O–H groups in total. The van der Waals surface area contributed by atoms with Crippen LogP contribution in [0.2, 0.25) is 0 Å². The van der Waals surface area contributed by atoms with Crippen LogP contribution < -0.4 is 0 Å². The first-order valence-corrected chi connectivity index (χ1v) is 4.17. The SMILES string of the molecule is C=CCOC(=O)c1ccc([N+](=O)[O-])cc1. The Bertz CT molecular complexity index is 383. The van der Waals surface area contributed by atoms with Gasteiger partial charge in [-0.05, 0) is 12.1 Å². The van der Waals surface area contributed by atoms with E-state index in [2.05, 4.69) is 6.58 Å². The van der Waals surface area contributed by atoms with Gasteiger partial charge in [-0.3, -0.25) is 10.1 Å².